The van der Waals surface area contributed by atoms with Crippen molar-refractivity contribution in [3.8, 4) is 5.75 Å². The molecule has 1 aromatic carbocycles. The third-order valence-corrected chi connectivity index (χ3v) is 2.43. The van der Waals surface area contributed by atoms with Crippen molar-refractivity contribution in [1.29, 1.82) is 0 Å². The second-order valence-electron chi connectivity index (χ2n) is 3.98. The van der Waals surface area contributed by atoms with Gasteiger partial charge >= 0.3 is 5.97 Å². The maximum absolute atomic E-state index is 10.8. The Bertz CT molecular complexity index is 494. The summed E-state index contributed by atoms with van der Waals surface area (Å²) in [5.74, 6) is -0.440. The first-order valence-electron chi connectivity index (χ1n) is 5.82. The number of carboxylic acids is 1. The molecule has 1 aromatic rings. The molecular weight excluding hydrogens is 246 g/mol. The number of benzene rings is 1. The van der Waals surface area contributed by atoms with Crippen molar-refractivity contribution in [3.63, 3.8) is 0 Å². The molecule has 0 aliphatic heterocycles. The number of hydrogen-bond acceptors (Lipinski definition) is 3. The van der Waals surface area contributed by atoms with E-state index in [0.717, 1.165) is 5.56 Å². The van der Waals surface area contributed by atoms with Gasteiger partial charge in [0.05, 0.1) is 13.5 Å². The maximum atomic E-state index is 10.8. The summed E-state index contributed by atoms with van der Waals surface area (Å²) >= 11 is 0. The van der Waals surface area contributed by atoms with Crippen LogP contribution >= 0.6 is 0 Å². The molecule has 2 N–H and O–H groups in total. The number of ether oxygens (including phenoxy) is 1. The molecule has 0 unspecified atom stereocenters. The number of amides is 1. The molecule has 0 fully saturated rings. The summed E-state index contributed by atoms with van der Waals surface area (Å²) in [6.45, 7) is 1.89. The lowest BCUT2D eigenvalue weighted by atomic mass is 10.1. The van der Waals surface area contributed by atoms with Gasteiger partial charge in [0.25, 0.3) is 0 Å². The van der Waals surface area contributed by atoms with Crippen LogP contribution in [0.25, 0.3) is 6.08 Å². The molecule has 0 heterocycles. The van der Waals surface area contributed by atoms with E-state index in [-0.39, 0.29) is 12.3 Å². The van der Waals surface area contributed by atoms with Gasteiger partial charge < -0.3 is 15.2 Å². The Kier molecular flexibility index (Phi) is 5.60. The number of carboxylic acid groups (broad SMARTS) is 1. The van der Waals surface area contributed by atoms with E-state index in [2.05, 4.69) is 5.32 Å². The average Bonchev–Trinajstić information content (AvgIpc) is 2.34. The molecule has 0 saturated heterocycles. The monoisotopic (exact) mass is 263 g/mol. The van der Waals surface area contributed by atoms with Crippen LogP contribution in [0.5, 0.6) is 5.75 Å². The smallest absolute Gasteiger partial charge is 0.307 e. The van der Waals surface area contributed by atoms with Crippen molar-refractivity contribution >= 4 is 18.0 Å². The molecule has 1 amide bonds. The maximum Gasteiger partial charge on any atom is 0.307 e. The van der Waals surface area contributed by atoms with Crippen molar-refractivity contribution in [2.75, 3.05) is 13.7 Å². The predicted octanol–water partition coefficient (Wildman–Crippen LogP) is 1.47. The van der Waals surface area contributed by atoms with E-state index >= 15 is 0 Å². The number of carbonyl (C=O) groups excluding carboxylic acids is 1. The van der Waals surface area contributed by atoms with Crippen molar-refractivity contribution in [1.82, 2.24) is 5.32 Å². The Morgan fingerprint density at radius 3 is 2.74 bits per heavy atom. The number of carbonyl (C=O) groups is 2. The zero-order valence-electron chi connectivity index (χ0n) is 11.0. The van der Waals surface area contributed by atoms with Gasteiger partial charge in [0, 0.05) is 19.0 Å². The Labute approximate surface area is 111 Å². The first kappa shape index (κ1) is 14.8. The van der Waals surface area contributed by atoms with E-state index in [1.807, 2.05) is 12.1 Å². The third-order valence-electron chi connectivity index (χ3n) is 2.43. The largest absolute Gasteiger partial charge is 0.496 e. The summed E-state index contributed by atoms with van der Waals surface area (Å²) in [6, 6.07) is 5.32. The van der Waals surface area contributed by atoms with E-state index in [0.29, 0.717) is 17.9 Å². The molecule has 0 aliphatic rings. The summed E-state index contributed by atoms with van der Waals surface area (Å²) in [5, 5.41) is 11.5. The highest BCUT2D eigenvalue weighted by Crippen LogP contribution is 2.21. The first-order valence-corrected chi connectivity index (χ1v) is 5.82. The SMILES string of the molecule is COc1ccc(C=CCNC(C)=O)cc1CC(=O)O. The fraction of sp³-hybridized carbons (Fsp3) is 0.286. The average molecular weight is 263 g/mol. The topological polar surface area (TPSA) is 75.6 Å². The highest BCUT2D eigenvalue weighted by molar-refractivity contribution is 5.73. The fourth-order valence-electron chi connectivity index (χ4n) is 1.60. The van der Waals surface area contributed by atoms with Crippen LogP contribution in [0.15, 0.2) is 24.3 Å². The van der Waals surface area contributed by atoms with Gasteiger partial charge in [-0.25, -0.2) is 0 Å². The molecule has 0 aliphatic carbocycles. The quantitative estimate of drug-likeness (QED) is 0.815. The van der Waals surface area contributed by atoms with E-state index in [4.69, 9.17) is 9.84 Å². The van der Waals surface area contributed by atoms with Crippen LogP contribution in [0.2, 0.25) is 0 Å². The van der Waals surface area contributed by atoms with Gasteiger partial charge in [-0.2, -0.15) is 0 Å². The van der Waals surface area contributed by atoms with Crippen LogP contribution in [0.4, 0.5) is 0 Å². The second-order valence-corrected chi connectivity index (χ2v) is 3.98. The molecule has 102 valence electrons. The lowest BCUT2D eigenvalue weighted by molar-refractivity contribution is -0.136. The molecule has 0 spiro atoms. The van der Waals surface area contributed by atoms with Gasteiger partial charge in [-0.1, -0.05) is 18.2 Å². The number of aliphatic carboxylic acids is 1. The Morgan fingerprint density at radius 1 is 1.42 bits per heavy atom. The highest BCUT2D eigenvalue weighted by atomic mass is 16.5. The molecule has 0 saturated carbocycles. The van der Waals surface area contributed by atoms with Crippen molar-refractivity contribution < 1.29 is 19.4 Å². The fourth-order valence-corrected chi connectivity index (χ4v) is 1.60. The predicted molar refractivity (Wildman–Crippen MR) is 72.1 cm³/mol. The van der Waals surface area contributed by atoms with Gasteiger partial charge in [0.1, 0.15) is 5.75 Å². The summed E-state index contributed by atoms with van der Waals surface area (Å²) in [7, 11) is 1.51. The second kappa shape index (κ2) is 7.20. The van der Waals surface area contributed by atoms with Crippen LogP contribution in [-0.4, -0.2) is 30.6 Å². The van der Waals surface area contributed by atoms with E-state index in [1.54, 1.807) is 18.2 Å². The zero-order valence-corrected chi connectivity index (χ0v) is 11.0. The molecule has 1 rings (SSSR count). The zero-order chi connectivity index (χ0) is 14.3. The Morgan fingerprint density at radius 2 is 2.16 bits per heavy atom. The van der Waals surface area contributed by atoms with Crippen molar-refractivity contribution in [2.24, 2.45) is 0 Å². The molecule has 5 heteroatoms. The van der Waals surface area contributed by atoms with E-state index in [1.165, 1.54) is 14.0 Å². The number of rotatable bonds is 6. The number of nitrogens with one attached hydrogen (secondary N) is 1. The van der Waals surface area contributed by atoms with Crippen LogP contribution in [0, 0.1) is 0 Å². The van der Waals surface area contributed by atoms with Gasteiger partial charge in [0.15, 0.2) is 0 Å². The normalized spacial score (nSPS) is 10.4. The summed E-state index contributed by atoms with van der Waals surface area (Å²) in [4.78, 5) is 21.4. The molecule has 5 nitrogen and oxygen atoms in total. The van der Waals surface area contributed by atoms with Gasteiger partial charge in [0.2, 0.25) is 5.91 Å². The van der Waals surface area contributed by atoms with Crippen LogP contribution in [-0.2, 0) is 16.0 Å². The van der Waals surface area contributed by atoms with Gasteiger partial charge in [-0.05, 0) is 17.7 Å². The van der Waals surface area contributed by atoms with Crippen LogP contribution < -0.4 is 10.1 Å². The minimum atomic E-state index is -0.905. The molecule has 0 radical (unpaired) electrons. The van der Waals surface area contributed by atoms with E-state index in [9.17, 15) is 9.59 Å². The number of hydrogen-bond donors (Lipinski definition) is 2. The van der Waals surface area contributed by atoms with Crippen LogP contribution in [0.1, 0.15) is 18.1 Å². The summed E-state index contributed by atoms with van der Waals surface area (Å²) < 4.78 is 5.11. The van der Waals surface area contributed by atoms with Gasteiger partial charge in [-0.3, -0.25) is 9.59 Å². The lowest BCUT2D eigenvalue weighted by Gasteiger charge is -2.07. The number of methoxy groups -OCH3 is 1. The molecule has 0 aromatic heterocycles. The standard InChI is InChI=1S/C14H17NO4/c1-10(16)15-7-3-4-11-5-6-13(19-2)12(8-11)9-14(17)18/h3-6,8H,7,9H2,1-2H3,(H,15,16)(H,17,18). The minimum absolute atomic E-state index is 0.0868. The minimum Gasteiger partial charge on any atom is -0.496 e. The Balaban J connectivity index is 2.79. The van der Waals surface area contributed by atoms with Crippen LogP contribution in [0.3, 0.4) is 0 Å². The Hall–Kier alpha value is -2.30. The highest BCUT2D eigenvalue weighted by Gasteiger charge is 2.07. The lowest BCUT2D eigenvalue weighted by Crippen LogP contribution is -2.19. The molecule has 0 bridgehead atoms. The summed E-state index contributed by atoms with van der Waals surface area (Å²) in [6.07, 6.45) is 3.53. The molecule has 19 heavy (non-hydrogen) atoms. The molecule has 0 atom stereocenters. The van der Waals surface area contributed by atoms with Gasteiger partial charge in [-0.15, -0.1) is 0 Å². The van der Waals surface area contributed by atoms with Crippen molar-refractivity contribution in [3.05, 3.63) is 35.4 Å². The first-order chi connectivity index (χ1) is 9.02. The molecular formula is C14H17NO4. The summed E-state index contributed by atoms with van der Waals surface area (Å²) in [5.41, 5.74) is 1.49. The third kappa shape index (κ3) is 5.25. The van der Waals surface area contributed by atoms with E-state index < -0.39 is 5.97 Å². The van der Waals surface area contributed by atoms with Crippen molar-refractivity contribution in [2.45, 2.75) is 13.3 Å².